The molecule has 55 heavy (non-hydrogen) atoms. The number of aryl methyl sites for hydroxylation is 2. The summed E-state index contributed by atoms with van der Waals surface area (Å²) in [7, 11) is 1.48. The fourth-order valence-electron chi connectivity index (χ4n) is 9.20. The predicted octanol–water partition coefficient (Wildman–Crippen LogP) is 6.40. The van der Waals surface area contributed by atoms with Crippen molar-refractivity contribution in [2.24, 2.45) is 28.0 Å². The van der Waals surface area contributed by atoms with Gasteiger partial charge < -0.3 is 29.3 Å². The zero-order valence-corrected chi connectivity index (χ0v) is 33.7. The summed E-state index contributed by atoms with van der Waals surface area (Å²) in [5.41, 5.74) is 4.92. The normalized spacial score (nSPS) is 32.2. The van der Waals surface area contributed by atoms with Crippen LogP contribution >= 0.6 is 0 Å². The van der Waals surface area contributed by atoms with Crippen molar-refractivity contribution in [3.8, 4) is 5.75 Å². The predicted molar refractivity (Wildman–Crippen MR) is 213 cm³/mol. The lowest BCUT2D eigenvalue weighted by Crippen LogP contribution is -2.51. The fraction of sp³-hybridized carbons (Fsp3) is 0.595. The van der Waals surface area contributed by atoms with Crippen LogP contribution in [0.25, 0.3) is 0 Å². The maximum atomic E-state index is 14.6. The number of nitrogens with one attached hydrogen (secondary N) is 2. The Morgan fingerprint density at radius 1 is 1.15 bits per heavy atom. The summed E-state index contributed by atoms with van der Waals surface area (Å²) in [4.78, 5) is 42.9. The number of ether oxygens (including phenoxy) is 3. The minimum absolute atomic E-state index is 0.00440. The molecule has 2 saturated carbocycles. The molecule has 2 aliphatic heterocycles. The minimum atomic E-state index is -3.54. The lowest BCUT2D eigenvalue weighted by atomic mass is 9.68. The molecule has 13 heteroatoms. The number of benzene rings is 2. The number of carbonyl (C=O) groups is 3. The van der Waals surface area contributed by atoms with Crippen LogP contribution in [0.4, 0.5) is 15.3 Å². The number of allylic oxidation sites excluding steroid dienone is 1. The summed E-state index contributed by atoms with van der Waals surface area (Å²) in [5, 5.41) is 2.88. The van der Waals surface area contributed by atoms with Crippen molar-refractivity contribution < 1.29 is 32.8 Å². The molecule has 1 spiro atoms. The van der Waals surface area contributed by atoms with E-state index in [2.05, 4.69) is 56.6 Å². The zero-order chi connectivity index (χ0) is 38.9. The van der Waals surface area contributed by atoms with E-state index < -0.39 is 27.9 Å². The first-order valence-corrected chi connectivity index (χ1v) is 21.5. The average Bonchev–Trinajstić information content (AvgIpc) is 3.26. The molecule has 2 N–H and O–H groups in total. The number of urea groups is 1. The molecule has 2 aromatic carbocycles. The Balaban J connectivity index is 1.17. The lowest BCUT2D eigenvalue weighted by molar-refractivity contribution is 0.0131. The van der Waals surface area contributed by atoms with Crippen molar-refractivity contribution >= 4 is 33.6 Å². The van der Waals surface area contributed by atoms with Gasteiger partial charge in [0.25, 0.3) is 5.91 Å². The van der Waals surface area contributed by atoms with Gasteiger partial charge in [0.15, 0.2) is 0 Å². The van der Waals surface area contributed by atoms with Crippen LogP contribution in [0.5, 0.6) is 5.75 Å². The SMILES string of the molecule is CO[C@H]1/C=C/C[C@H](C)CS(=O)(NC(=O)NC2CC(COC(=O)N(C)C)C2)=NC(=O)c2ccc3c(c2)N(C[C@@H]2CC[C@H]21)C[C@@]1(CCCc2cc(C)ccc21)CO3. The average molecular weight is 776 g/mol. The third-order valence-electron chi connectivity index (χ3n) is 12.3. The highest BCUT2D eigenvalue weighted by atomic mass is 32.2. The number of fused-ring (bicyclic) bond motifs is 4. The highest BCUT2D eigenvalue weighted by Gasteiger charge is 2.44. The van der Waals surface area contributed by atoms with Crippen molar-refractivity contribution in [3.63, 3.8) is 0 Å². The molecule has 2 aromatic rings. The Morgan fingerprint density at radius 2 is 1.96 bits per heavy atom. The molecular formula is C42H57N5O7S. The van der Waals surface area contributed by atoms with Gasteiger partial charge in [0, 0.05) is 51.3 Å². The van der Waals surface area contributed by atoms with E-state index in [0.29, 0.717) is 43.3 Å². The van der Waals surface area contributed by atoms with Crippen LogP contribution in [-0.4, -0.2) is 92.5 Å². The summed E-state index contributed by atoms with van der Waals surface area (Å²) in [5.74, 6) is 0.775. The number of rotatable bonds is 5. The number of hydrogen-bond donors (Lipinski definition) is 2. The highest BCUT2D eigenvalue weighted by molar-refractivity contribution is 7.92. The van der Waals surface area contributed by atoms with Crippen LogP contribution < -0.4 is 19.7 Å². The van der Waals surface area contributed by atoms with Gasteiger partial charge in [-0.3, -0.25) is 9.52 Å². The smallest absolute Gasteiger partial charge is 0.409 e. The van der Waals surface area contributed by atoms with Crippen LogP contribution in [0, 0.1) is 30.6 Å². The number of methoxy groups -OCH3 is 1. The lowest BCUT2D eigenvalue weighted by Gasteiger charge is -2.46. The Hall–Kier alpha value is -4.10. The van der Waals surface area contributed by atoms with E-state index >= 15 is 0 Å². The van der Waals surface area contributed by atoms with Gasteiger partial charge in [-0.1, -0.05) is 42.8 Å². The molecule has 2 fully saturated rings. The Labute approximate surface area is 326 Å². The largest absolute Gasteiger partial charge is 0.490 e. The van der Waals surface area contributed by atoms with E-state index in [4.69, 9.17) is 14.2 Å². The summed E-state index contributed by atoms with van der Waals surface area (Å²) >= 11 is 0. The highest BCUT2D eigenvalue weighted by Crippen LogP contribution is 2.47. The first kappa shape index (κ1) is 39.1. The van der Waals surface area contributed by atoms with Gasteiger partial charge in [0.05, 0.1) is 30.8 Å². The second-order valence-corrected chi connectivity index (χ2v) is 18.9. The van der Waals surface area contributed by atoms with Crippen molar-refractivity contribution in [2.75, 3.05) is 58.2 Å². The van der Waals surface area contributed by atoms with Crippen LogP contribution in [0.1, 0.15) is 78.9 Å². The molecule has 0 aromatic heterocycles. The van der Waals surface area contributed by atoms with Crippen molar-refractivity contribution in [3.05, 3.63) is 70.8 Å². The molecule has 298 valence electrons. The number of carbonyl (C=O) groups excluding carboxylic acids is 3. The van der Waals surface area contributed by atoms with Gasteiger partial charge in [-0.05, 0) is 111 Å². The molecule has 0 radical (unpaired) electrons. The topological polar surface area (TPSA) is 139 Å². The quantitative estimate of drug-likeness (QED) is 0.333. The number of hydrogen-bond acceptors (Lipinski definition) is 8. The molecule has 1 unspecified atom stereocenters. The van der Waals surface area contributed by atoms with E-state index in [1.54, 1.807) is 27.3 Å². The standard InChI is InChI=1S/C42H57N5O7S/c1-27-11-15-35-30(18-27)9-7-17-42(35)25-47-22-32-12-14-34(32)37(52-5)10-6-8-28(2)24-55(51,44-39(48)31-13-16-38(54-26-42)36(47)21-31)45-40(49)43-33-19-29(20-33)23-53-41(50)46(3)4/h6,10-11,13,15-16,18,21,28-29,32-34,37H,7-9,12,14,17,19-20,22-26H2,1-5H3,(H2,43,44,45,48,49,51)/b10-6+/t28-,29?,32-,33?,34+,37-,42-,55?/m0/s1. The van der Waals surface area contributed by atoms with Gasteiger partial charge in [0.1, 0.15) is 15.7 Å². The Morgan fingerprint density at radius 3 is 2.71 bits per heavy atom. The minimum Gasteiger partial charge on any atom is -0.490 e. The molecule has 0 saturated heterocycles. The zero-order valence-electron chi connectivity index (χ0n) is 32.9. The summed E-state index contributed by atoms with van der Waals surface area (Å²) in [6.45, 7) is 6.44. The van der Waals surface area contributed by atoms with Crippen molar-refractivity contribution in [1.82, 2.24) is 14.9 Å². The maximum absolute atomic E-state index is 14.6. The van der Waals surface area contributed by atoms with Crippen molar-refractivity contribution in [2.45, 2.75) is 82.8 Å². The third-order valence-corrected chi connectivity index (χ3v) is 14.3. The van der Waals surface area contributed by atoms with E-state index in [1.807, 2.05) is 19.1 Å². The Kier molecular flexibility index (Phi) is 11.5. The second-order valence-electron chi connectivity index (χ2n) is 16.9. The first-order chi connectivity index (χ1) is 26.3. The fourth-order valence-corrected chi connectivity index (χ4v) is 11.0. The number of anilines is 1. The molecule has 4 amide bonds. The molecule has 2 heterocycles. The second kappa shape index (κ2) is 16.2. The molecule has 6 atom stereocenters. The monoisotopic (exact) mass is 775 g/mol. The molecule has 12 nitrogen and oxygen atoms in total. The number of amides is 4. The van der Waals surface area contributed by atoms with Gasteiger partial charge in [-0.15, -0.1) is 4.36 Å². The van der Waals surface area contributed by atoms with Gasteiger partial charge in [0.2, 0.25) is 0 Å². The van der Waals surface area contributed by atoms with Crippen LogP contribution in [0.2, 0.25) is 0 Å². The Bertz CT molecular complexity index is 1940. The van der Waals surface area contributed by atoms with Gasteiger partial charge >= 0.3 is 12.1 Å². The molecular weight excluding hydrogens is 719 g/mol. The van der Waals surface area contributed by atoms with E-state index in [1.165, 1.54) is 21.6 Å². The van der Waals surface area contributed by atoms with E-state index in [-0.39, 0.29) is 41.8 Å². The van der Waals surface area contributed by atoms with E-state index in [0.717, 1.165) is 56.6 Å². The van der Waals surface area contributed by atoms with Crippen molar-refractivity contribution in [1.29, 1.82) is 0 Å². The van der Waals surface area contributed by atoms with E-state index in [9.17, 15) is 18.6 Å². The maximum Gasteiger partial charge on any atom is 0.409 e. The number of nitrogens with zero attached hydrogens (tertiary/aromatic N) is 3. The van der Waals surface area contributed by atoms with Crippen LogP contribution in [-0.2, 0) is 31.2 Å². The van der Waals surface area contributed by atoms with Crippen LogP contribution in [0.15, 0.2) is 52.9 Å². The summed E-state index contributed by atoms with van der Waals surface area (Å²) < 4.78 is 39.5. The summed E-state index contributed by atoms with van der Waals surface area (Å²) in [6.07, 6.45) is 10.9. The molecule has 3 aliphatic carbocycles. The molecule has 2 bridgehead atoms. The van der Waals surface area contributed by atoms with Gasteiger partial charge in [-0.25, -0.2) is 13.8 Å². The first-order valence-electron chi connectivity index (χ1n) is 19.9. The third kappa shape index (κ3) is 8.67. The summed E-state index contributed by atoms with van der Waals surface area (Å²) in [6, 6.07) is 11.4. The molecule has 7 rings (SSSR count). The van der Waals surface area contributed by atoms with Crippen LogP contribution in [0.3, 0.4) is 0 Å². The van der Waals surface area contributed by atoms with Gasteiger partial charge in [-0.2, -0.15) is 0 Å². The molecule has 5 aliphatic rings.